The van der Waals surface area contributed by atoms with Gasteiger partial charge in [-0.15, -0.1) is 6.58 Å². The molecule has 0 saturated carbocycles. The van der Waals surface area contributed by atoms with E-state index in [-0.39, 0.29) is 11.8 Å². The third-order valence-corrected chi connectivity index (χ3v) is 6.19. The molecule has 0 aliphatic carbocycles. The molecule has 1 aliphatic rings. The maximum atomic E-state index is 10.4. The summed E-state index contributed by atoms with van der Waals surface area (Å²) in [5, 5.41) is 3.36. The van der Waals surface area contributed by atoms with Crippen LogP contribution in [0.3, 0.4) is 0 Å². The number of benzene rings is 2. The minimum absolute atomic E-state index is 0.0111. The number of hydrogen-bond donors (Lipinski definition) is 2. The largest absolute Gasteiger partial charge is 0.383 e. The zero-order valence-electron chi connectivity index (χ0n) is 20.6. The second-order valence-electron chi connectivity index (χ2n) is 8.64. The van der Waals surface area contributed by atoms with E-state index in [2.05, 4.69) is 66.2 Å². The number of fused-ring (bicyclic) bond motifs is 1. The van der Waals surface area contributed by atoms with Gasteiger partial charge in [-0.25, -0.2) is 0 Å². The molecule has 0 aromatic heterocycles. The van der Waals surface area contributed by atoms with Gasteiger partial charge in [0.05, 0.1) is 6.61 Å². The molecule has 2 aromatic rings. The number of carbonyl (C=O) groups is 1. The number of primary amides is 1. The lowest BCUT2D eigenvalue weighted by atomic mass is 9.95. The van der Waals surface area contributed by atoms with Gasteiger partial charge in [-0.1, -0.05) is 56.3 Å². The molecule has 1 amide bonds. The fraction of sp³-hybridized carbons (Fsp3) is 0.464. The zero-order valence-corrected chi connectivity index (χ0v) is 20.6. The first-order chi connectivity index (χ1) is 16.0. The highest BCUT2D eigenvalue weighted by Crippen LogP contribution is 2.29. The highest BCUT2D eigenvalue weighted by Gasteiger charge is 2.15. The number of hydrogen-bond acceptors (Lipinski definition) is 4. The minimum atomic E-state index is -0.225. The van der Waals surface area contributed by atoms with Crippen LogP contribution in [-0.4, -0.2) is 37.6 Å². The molecule has 5 heteroatoms. The molecule has 5 nitrogen and oxygen atoms in total. The van der Waals surface area contributed by atoms with Crippen molar-refractivity contribution >= 4 is 11.6 Å². The quantitative estimate of drug-likeness (QED) is 0.423. The summed E-state index contributed by atoms with van der Waals surface area (Å²) >= 11 is 0. The van der Waals surface area contributed by atoms with Crippen LogP contribution in [0.15, 0.2) is 55.1 Å². The first kappa shape index (κ1) is 26.6. The first-order valence-electron chi connectivity index (χ1n) is 12.0. The van der Waals surface area contributed by atoms with Crippen LogP contribution in [0.1, 0.15) is 48.9 Å². The molecular formula is C28H41N3O2. The lowest BCUT2D eigenvalue weighted by molar-refractivity contribution is -0.121. The van der Waals surface area contributed by atoms with E-state index >= 15 is 0 Å². The number of anilines is 1. The summed E-state index contributed by atoms with van der Waals surface area (Å²) in [4.78, 5) is 12.8. The van der Waals surface area contributed by atoms with Crippen LogP contribution in [0.4, 0.5) is 5.69 Å². The summed E-state index contributed by atoms with van der Waals surface area (Å²) in [6.07, 6.45) is 5.71. The van der Waals surface area contributed by atoms with Gasteiger partial charge in [0.2, 0.25) is 5.91 Å². The van der Waals surface area contributed by atoms with Crippen molar-refractivity contribution in [2.45, 2.75) is 52.6 Å². The molecular weight excluding hydrogens is 410 g/mol. The second kappa shape index (κ2) is 14.5. The Labute approximate surface area is 200 Å². The van der Waals surface area contributed by atoms with Crippen molar-refractivity contribution in [3.8, 4) is 0 Å². The van der Waals surface area contributed by atoms with Crippen LogP contribution in [0, 0.1) is 5.92 Å². The number of carbonyl (C=O) groups excluding carboxylic acids is 1. The Morgan fingerprint density at radius 3 is 2.52 bits per heavy atom. The Morgan fingerprint density at radius 1 is 1.21 bits per heavy atom. The van der Waals surface area contributed by atoms with Crippen molar-refractivity contribution in [1.82, 2.24) is 4.90 Å². The number of allylic oxidation sites excluding steroid dienone is 1. The topological polar surface area (TPSA) is 67.6 Å². The highest BCUT2D eigenvalue weighted by atomic mass is 16.5. The van der Waals surface area contributed by atoms with E-state index in [1.54, 1.807) is 13.2 Å². The Morgan fingerprint density at radius 2 is 1.94 bits per heavy atom. The molecule has 180 valence electrons. The van der Waals surface area contributed by atoms with Gasteiger partial charge in [0, 0.05) is 38.3 Å². The molecule has 1 aliphatic heterocycles. The monoisotopic (exact) mass is 451 g/mol. The molecule has 0 saturated heterocycles. The first-order valence-corrected chi connectivity index (χ1v) is 12.0. The van der Waals surface area contributed by atoms with Gasteiger partial charge >= 0.3 is 0 Å². The fourth-order valence-electron chi connectivity index (χ4n) is 3.75. The van der Waals surface area contributed by atoms with Gasteiger partial charge in [0.25, 0.3) is 0 Å². The molecule has 1 heterocycles. The van der Waals surface area contributed by atoms with E-state index in [9.17, 15) is 4.79 Å². The van der Waals surface area contributed by atoms with Crippen molar-refractivity contribution in [3.05, 3.63) is 77.4 Å². The van der Waals surface area contributed by atoms with Crippen molar-refractivity contribution < 1.29 is 9.53 Å². The highest BCUT2D eigenvalue weighted by molar-refractivity contribution is 5.76. The predicted molar refractivity (Wildman–Crippen MR) is 138 cm³/mol. The molecule has 33 heavy (non-hydrogen) atoms. The summed E-state index contributed by atoms with van der Waals surface area (Å²) in [5.41, 5.74) is 12.1. The van der Waals surface area contributed by atoms with E-state index in [0.29, 0.717) is 0 Å². The van der Waals surface area contributed by atoms with Gasteiger partial charge in [-0.05, 0) is 60.5 Å². The Balaban J connectivity index is 0.000000365. The second-order valence-corrected chi connectivity index (χ2v) is 8.64. The average molecular weight is 452 g/mol. The van der Waals surface area contributed by atoms with Crippen LogP contribution < -0.4 is 11.1 Å². The Kier molecular flexibility index (Phi) is 11.7. The van der Waals surface area contributed by atoms with E-state index in [4.69, 9.17) is 10.5 Å². The molecule has 3 N–H and O–H groups in total. The molecule has 0 bridgehead atoms. The van der Waals surface area contributed by atoms with E-state index in [1.165, 1.54) is 27.9 Å². The van der Waals surface area contributed by atoms with Crippen molar-refractivity contribution in [2.75, 3.05) is 32.1 Å². The summed E-state index contributed by atoms with van der Waals surface area (Å²) in [7, 11) is 1.76. The SMILES string of the molecule is C=CCCC(C)C(N)=O.CCN(CCOC)Cc1ccc(CCc2cccc3c2CN3)cc1. The number of methoxy groups -OCH3 is 1. The summed E-state index contributed by atoms with van der Waals surface area (Å²) < 4.78 is 5.18. The summed E-state index contributed by atoms with van der Waals surface area (Å²) in [5.74, 6) is -0.236. The maximum absolute atomic E-state index is 10.4. The molecule has 1 atom stereocenters. The number of nitrogens with zero attached hydrogens (tertiary/aromatic N) is 1. The predicted octanol–water partition coefficient (Wildman–Crippen LogP) is 4.94. The molecule has 1 unspecified atom stereocenters. The lowest BCUT2D eigenvalue weighted by Gasteiger charge is -2.24. The Hall–Kier alpha value is -2.63. The molecule has 3 rings (SSSR count). The van der Waals surface area contributed by atoms with Crippen LogP contribution in [0.5, 0.6) is 0 Å². The number of aryl methyl sites for hydroxylation is 2. The number of likely N-dealkylation sites (N-methyl/N-ethyl adjacent to an activating group) is 1. The van der Waals surface area contributed by atoms with Crippen LogP contribution >= 0.6 is 0 Å². The maximum Gasteiger partial charge on any atom is 0.220 e. The van der Waals surface area contributed by atoms with Gasteiger partial charge in [0.15, 0.2) is 0 Å². The molecule has 0 spiro atoms. The van der Waals surface area contributed by atoms with Crippen molar-refractivity contribution in [2.24, 2.45) is 11.7 Å². The van der Waals surface area contributed by atoms with Gasteiger partial charge in [0.1, 0.15) is 0 Å². The fourth-order valence-corrected chi connectivity index (χ4v) is 3.75. The summed E-state index contributed by atoms with van der Waals surface area (Å²) in [6.45, 7) is 12.4. The lowest BCUT2D eigenvalue weighted by Crippen LogP contribution is -2.26. The summed E-state index contributed by atoms with van der Waals surface area (Å²) in [6, 6.07) is 15.7. The molecule has 0 radical (unpaired) electrons. The van der Waals surface area contributed by atoms with Gasteiger partial charge in [-0.2, -0.15) is 0 Å². The van der Waals surface area contributed by atoms with Crippen LogP contribution in [-0.2, 0) is 35.5 Å². The van der Waals surface area contributed by atoms with E-state index < -0.39 is 0 Å². The third-order valence-electron chi connectivity index (χ3n) is 6.19. The smallest absolute Gasteiger partial charge is 0.220 e. The van der Waals surface area contributed by atoms with Crippen LogP contribution in [0.25, 0.3) is 0 Å². The minimum Gasteiger partial charge on any atom is -0.383 e. The van der Waals surface area contributed by atoms with Crippen LogP contribution in [0.2, 0.25) is 0 Å². The standard InChI is InChI=1S/C21H28N2O.C7H13NO/c1-3-23(13-14-24-2)16-18-9-7-17(8-10-18)11-12-19-5-4-6-21-20(19)15-22-21;1-3-4-5-6(2)7(8)9/h4-10,22H,3,11-16H2,1-2H3;3,6H,1,4-5H2,2H3,(H2,8,9). The van der Waals surface area contributed by atoms with Gasteiger partial charge < -0.3 is 15.8 Å². The average Bonchev–Trinajstić information content (AvgIpc) is 2.80. The number of amides is 1. The normalized spacial score (nSPS) is 12.6. The molecule has 0 fully saturated rings. The number of ether oxygens (including phenoxy) is 1. The molecule has 2 aromatic carbocycles. The van der Waals surface area contributed by atoms with Gasteiger partial charge in [-0.3, -0.25) is 9.69 Å². The van der Waals surface area contributed by atoms with Crippen molar-refractivity contribution in [3.63, 3.8) is 0 Å². The van der Waals surface area contributed by atoms with E-state index in [0.717, 1.165) is 58.5 Å². The third kappa shape index (κ3) is 9.03. The Bertz CT molecular complexity index is 864. The van der Waals surface area contributed by atoms with Crippen molar-refractivity contribution in [1.29, 1.82) is 0 Å². The number of rotatable bonds is 13. The zero-order chi connectivity index (χ0) is 24.1. The number of nitrogens with one attached hydrogen (secondary N) is 1. The van der Waals surface area contributed by atoms with E-state index in [1.807, 2.05) is 6.92 Å². The number of nitrogens with two attached hydrogens (primary N) is 1.